The summed E-state index contributed by atoms with van der Waals surface area (Å²) >= 11 is 0. The number of para-hydroxylation sites is 1. The van der Waals surface area contributed by atoms with Gasteiger partial charge in [0, 0.05) is 5.56 Å². The lowest BCUT2D eigenvalue weighted by atomic mass is 9.80. The van der Waals surface area contributed by atoms with E-state index in [1.54, 1.807) is 6.07 Å². The van der Waals surface area contributed by atoms with Crippen LogP contribution in [0.1, 0.15) is 25.8 Å². The Morgan fingerprint density at radius 2 is 2.06 bits per heavy atom. The Morgan fingerprint density at radius 1 is 1.38 bits per heavy atom. The summed E-state index contributed by atoms with van der Waals surface area (Å²) in [6.45, 7) is 4.66. The summed E-state index contributed by atoms with van der Waals surface area (Å²) < 4.78 is 28.3. The van der Waals surface area contributed by atoms with Crippen molar-refractivity contribution in [1.82, 2.24) is 0 Å². The van der Waals surface area contributed by atoms with E-state index in [9.17, 15) is 8.42 Å². The Hall–Kier alpha value is -1.07. The maximum atomic E-state index is 11.4. The molecule has 2 rings (SSSR count). The van der Waals surface area contributed by atoms with Gasteiger partial charge in [-0.25, -0.2) is 13.6 Å². The average Bonchev–Trinajstić information content (AvgIpc) is 2.15. The van der Waals surface area contributed by atoms with Crippen LogP contribution in [0, 0.1) is 0 Å². The highest BCUT2D eigenvalue weighted by atomic mass is 32.2. The van der Waals surface area contributed by atoms with Crippen molar-refractivity contribution in [2.75, 3.05) is 6.61 Å². The Balaban J connectivity index is 2.70. The first-order valence-corrected chi connectivity index (χ1v) is 6.66. The van der Waals surface area contributed by atoms with Crippen LogP contribution in [0.25, 0.3) is 0 Å². The second kappa shape index (κ2) is 3.46. The third-order valence-electron chi connectivity index (χ3n) is 2.99. The number of primary sulfonamides is 1. The van der Waals surface area contributed by atoms with Crippen LogP contribution in [0.4, 0.5) is 0 Å². The topological polar surface area (TPSA) is 69.4 Å². The molecule has 0 aliphatic carbocycles. The lowest BCUT2D eigenvalue weighted by molar-refractivity contribution is 0.228. The molecule has 1 aromatic carbocycles. The monoisotopic (exact) mass is 241 g/mol. The van der Waals surface area contributed by atoms with Gasteiger partial charge in [-0.2, -0.15) is 0 Å². The highest BCUT2D eigenvalue weighted by Crippen LogP contribution is 2.41. The number of sulfonamides is 1. The van der Waals surface area contributed by atoms with Crippen molar-refractivity contribution in [3.05, 3.63) is 23.8 Å². The summed E-state index contributed by atoms with van der Waals surface area (Å²) in [7, 11) is -3.72. The van der Waals surface area contributed by atoms with E-state index in [0.717, 1.165) is 12.0 Å². The molecule has 0 aromatic heterocycles. The molecule has 0 unspecified atom stereocenters. The van der Waals surface area contributed by atoms with Gasteiger partial charge in [0.2, 0.25) is 10.0 Å². The summed E-state index contributed by atoms with van der Waals surface area (Å²) in [6, 6.07) is 5.08. The van der Waals surface area contributed by atoms with Crippen LogP contribution in [0.5, 0.6) is 5.75 Å². The van der Waals surface area contributed by atoms with Crippen LogP contribution in [-0.4, -0.2) is 15.0 Å². The summed E-state index contributed by atoms with van der Waals surface area (Å²) in [5.74, 6) is 0.418. The molecule has 2 N–H and O–H groups in total. The molecular formula is C11H15NO3S. The zero-order valence-electron chi connectivity index (χ0n) is 9.36. The zero-order valence-corrected chi connectivity index (χ0v) is 10.2. The molecular weight excluding hydrogens is 226 g/mol. The Labute approximate surface area is 95.5 Å². The first-order valence-electron chi connectivity index (χ1n) is 5.11. The van der Waals surface area contributed by atoms with Crippen LogP contribution in [0.15, 0.2) is 23.1 Å². The van der Waals surface area contributed by atoms with Gasteiger partial charge in [-0.3, -0.25) is 0 Å². The van der Waals surface area contributed by atoms with Gasteiger partial charge in [0.25, 0.3) is 0 Å². The molecule has 4 nitrogen and oxygen atoms in total. The molecule has 0 atom stereocenters. The van der Waals surface area contributed by atoms with Gasteiger partial charge >= 0.3 is 0 Å². The van der Waals surface area contributed by atoms with Crippen molar-refractivity contribution in [3.63, 3.8) is 0 Å². The molecule has 0 amide bonds. The minimum absolute atomic E-state index is 0.0751. The van der Waals surface area contributed by atoms with Crippen LogP contribution in [-0.2, 0) is 15.4 Å². The summed E-state index contributed by atoms with van der Waals surface area (Å²) in [5.41, 5.74) is 0.833. The third kappa shape index (κ3) is 1.81. The van der Waals surface area contributed by atoms with Gasteiger partial charge in [0.1, 0.15) is 10.6 Å². The lowest BCUT2D eigenvalue weighted by Crippen LogP contribution is -2.28. The predicted octanol–water partition coefficient (Wildman–Crippen LogP) is 1.39. The van der Waals surface area contributed by atoms with Gasteiger partial charge in [-0.05, 0) is 17.9 Å². The quantitative estimate of drug-likeness (QED) is 0.807. The van der Waals surface area contributed by atoms with Crippen LogP contribution in [0.3, 0.4) is 0 Å². The number of ether oxygens (including phenoxy) is 1. The van der Waals surface area contributed by atoms with Gasteiger partial charge in [0.15, 0.2) is 0 Å². The number of hydrogen-bond donors (Lipinski definition) is 1. The molecule has 0 fully saturated rings. The van der Waals surface area contributed by atoms with Crippen molar-refractivity contribution >= 4 is 10.0 Å². The second-order valence-corrected chi connectivity index (χ2v) is 6.19. The molecule has 0 saturated heterocycles. The fraction of sp³-hybridized carbons (Fsp3) is 0.455. The first-order chi connectivity index (χ1) is 7.32. The van der Waals surface area contributed by atoms with Crippen LogP contribution >= 0.6 is 0 Å². The molecule has 0 bridgehead atoms. The largest absolute Gasteiger partial charge is 0.492 e. The maximum Gasteiger partial charge on any atom is 0.241 e. The van der Waals surface area contributed by atoms with E-state index in [0.29, 0.717) is 12.4 Å². The van der Waals surface area contributed by atoms with Crippen molar-refractivity contribution in [2.24, 2.45) is 5.14 Å². The Morgan fingerprint density at radius 3 is 2.69 bits per heavy atom. The minimum Gasteiger partial charge on any atom is -0.492 e. The van der Waals surface area contributed by atoms with Crippen molar-refractivity contribution in [1.29, 1.82) is 0 Å². The molecule has 1 heterocycles. The highest BCUT2D eigenvalue weighted by Gasteiger charge is 2.32. The number of nitrogens with two attached hydrogens (primary N) is 1. The molecule has 0 radical (unpaired) electrons. The van der Waals surface area contributed by atoms with Crippen LogP contribution < -0.4 is 9.88 Å². The number of hydrogen-bond acceptors (Lipinski definition) is 3. The number of rotatable bonds is 1. The van der Waals surface area contributed by atoms with E-state index >= 15 is 0 Å². The molecule has 88 valence electrons. The molecule has 0 saturated carbocycles. The zero-order chi connectivity index (χ0) is 12.0. The van der Waals surface area contributed by atoms with E-state index in [4.69, 9.17) is 9.88 Å². The van der Waals surface area contributed by atoms with E-state index < -0.39 is 10.0 Å². The lowest BCUT2D eigenvalue weighted by Gasteiger charge is -2.33. The Bertz CT molecular complexity index is 520. The summed E-state index contributed by atoms with van der Waals surface area (Å²) in [6.07, 6.45) is 0.869. The van der Waals surface area contributed by atoms with E-state index in [1.807, 2.05) is 6.07 Å². The molecule has 16 heavy (non-hydrogen) atoms. The van der Waals surface area contributed by atoms with Crippen LogP contribution in [0.2, 0.25) is 0 Å². The van der Waals surface area contributed by atoms with Gasteiger partial charge in [-0.15, -0.1) is 0 Å². The minimum atomic E-state index is -3.72. The van der Waals surface area contributed by atoms with Gasteiger partial charge in [0.05, 0.1) is 6.61 Å². The third-order valence-corrected chi connectivity index (χ3v) is 3.92. The van der Waals surface area contributed by atoms with Gasteiger partial charge < -0.3 is 4.74 Å². The maximum absolute atomic E-state index is 11.4. The van der Waals surface area contributed by atoms with Crippen molar-refractivity contribution in [3.8, 4) is 5.75 Å². The first kappa shape index (κ1) is 11.4. The van der Waals surface area contributed by atoms with Crippen molar-refractivity contribution in [2.45, 2.75) is 30.6 Å². The normalized spacial score (nSPS) is 18.7. The summed E-state index contributed by atoms with van der Waals surface area (Å²) in [4.78, 5) is 0.0813. The SMILES string of the molecule is CC1(C)CCOc2c1cccc2S(N)(=O)=O. The molecule has 0 spiro atoms. The molecule has 1 aliphatic heterocycles. The van der Waals surface area contributed by atoms with E-state index in [2.05, 4.69) is 13.8 Å². The van der Waals surface area contributed by atoms with E-state index in [-0.39, 0.29) is 10.3 Å². The molecule has 1 aliphatic rings. The number of fused-ring (bicyclic) bond motifs is 1. The standard InChI is InChI=1S/C11H15NO3S/c1-11(2)6-7-15-10-8(11)4-3-5-9(10)16(12,13)14/h3-5H,6-7H2,1-2H3,(H2,12,13,14). The molecule has 5 heteroatoms. The highest BCUT2D eigenvalue weighted by molar-refractivity contribution is 7.89. The smallest absolute Gasteiger partial charge is 0.241 e. The van der Waals surface area contributed by atoms with Gasteiger partial charge in [-0.1, -0.05) is 26.0 Å². The molecule has 1 aromatic rings. The Kier molecular flexibility index (Phi) is 2.47. The fourth-order valence-electron chi connectivity index (χ4n) is 1.96. The predicted molar refractivity (Wildman–Crippen MR) is 61.0 cm³/mol. The number of benzene rings is 1. The van der Waals surface area contributed by atoms with E-state index in [1.165, 1.54) is 6.07 Å². The summed E-state index contributed by atoms with van der Waals surface area (Å²) in [5, 5.41) is 5.16. The average molecular weight is 241 g/mol. The second-order valence-electron chi connectivity index (χ2n) is 4.66. The fourth-order valence-corrected chi connectivity index (χ4v) is 2.66. The van der Waals surface area contributed by atoms with Crippen molar-refractivity contribution < 1.29 is 13.2 Å².